The van der Waals surface area contributed by atoms with E-state index in [2.05, 4.69) is 37.3 Å². The van der Waals surface area contributed by atoms with Crippen molar-refractivity contribution in [1.29, 1.82) is 0 Å². The molecule has 5 rings (SSSR count). The van der Waals surface area contributed by atoms with Gasteiger partial charge in [0.15, 0.2) is 11.6 Å². The predicted molar refractivity (Wildman–Crippen MR) is 141 cm³/mol. The third-order valence-corrected chi connectivity index (χ3v) is 9.48. The Labute approximate surface area is 207 Å². The molecule has 0 radical (unpaired) electrons. The first-order valence-corrected chi connectivity index (χ1v) is 14.1. The molecule has 2 aliphatic carbocycles. The number of hydrogen-bond donors (Lipinski definition) is 0. The molecule has 2 fully saturated rings. The van der Waals surface area contributed by atoms with Crippen LogP contribution in [0.3, 0.4) is 0 Å². The number of fused-ring (bicyclic) bond motifs is 1. The molecule has 2 saturated carbocycles. The molecule has 0 aliphatic heterocycles. The second-order valence-corrected chi connectivity index (χ2v) is 11.7. The molecule has 0 bridgehead atoms. The fourth-order valence-corrected chi connectivity index (χ4v) is 7.54. The van der Waals surface area contributed by atoms with Crippen molar-refractivity contribution in [3.8, 4) is 0 Å². The van der Waals surface area contributed by atoms with Gasteiger partial charge in [0, 0.05) is 9.58 Å². The predicted octanol–water partition coefficient (Wildman–Crippen LogP) is 9.93. The zero-order chi connectivity index (χ0) is 23.5. The highest BCUT2D eigenvalue weighted by molar-refractivity contribution is 7.19. The summed E-state index contributed by atoms with van der Waals surface area (Å²) in [7, 11) is 0. The molecule has 1 aromatic heterocycles. The highest BCUT2D eigenvalue weighted by Gasteiger charge is 2.31. The van der Waals surface area contributed by atoms with Gasteiger partial charge in [-0.25, -0.2) is 8.78 Å². The van der Waals surface area contributed by atoms with Crippen LogP contribution in [0.15, 0.2) is 48.5 Å². The summed E-state index contributed by atoms with van der Waals surface area (Å²) in [6.45, 7) is 2.26. The lowest BCUT2D eigenvalue weighted by atomic mass is 9.68. The van der Waals surface area contributed by atoms with Gasteiger partial charge in [0.25, 0.3) is 0 Å². The summed E-state index contributed by atoms with van der Waals surface area (Å²) < 4.78 is 28.0. The van der Waals surface area contributed by atoms with E-state index in [4.69, 9.17) is 0 Å². The van der Waals surface area contributed by atoms with Gasteiger partial charge in [-0.1, -0.05) is 43.7 Å². The van der Waals surface area contributed by atoms with Gasteiger partial charge >= 0.3 is 0 Å². The Bertz CT molecular complexity index is 1130. The van der Waals surface area contributed by atoms with Crippen molar-refractivity contribution < 1.29 is 8.78 Å². The van der Waals surface area contributed by atoms with Crippen molar-refractivity contribution in [3.63, 3.8) is 0 Å². The summed E-state index contributed by atoms with van der Waals surface area (Å²) >= 11 is 1.99. The number of halogens is 2. The van der Waals surface area contributed by atoms with Gasteiger partial charge in [-0.05, 0) is 122 Å². The van der Waals surface area contributed by atoms with Gasteiger partial charge in [-0.2, -0.15) is 0 Å². The SMILES string of the molecule is CCCc1cc2ccc(C3CCC(C4CCC(/C=C/c5ccc(F)c(F)c5)CC4)CC3)cc2s1. The van der Waals surface area contributed by atoms with Crippen molar-refractivity contribution in [1.82, 2.24) is 0 Å². The second-order valence-electron chi connectivity index (χ2n) is 10.6. The van der Waals surface area contributed by atoms with Crippen molar-refractivity contribution in [2.24, 2.45) is 17.8 Å². The normalized spacial score (nSPS) is 25.9. The van der Waals surface area contributed by atoms with Crippen LogP contribution in [0, 0.1) is 29.4 Å². The Morgan fingerprint density at radius 2 is 1.56 bits per heavy atom. The molecule has 3 aromatic rings. The van der Waals surface area contributed by atoms with Crippen LogP contribution < -0.4 is 0 Å². The van der Waals surface area contributed by atoms with Gasteiger partial charge in [0.2, 0.25) is 0 Å². The molecule has 0 unspecified atom stereocenters. The van der Waals surface area contributed by atoms with Crippen molar-refractivity contribution >= 4 is 27.5 Å². The zero-order valence-corrected chi connectivity index (χ0v) is 21.1. The topological polar surface area (TPSA) is 0 Å². The molecule has 180 valence electrons. The third kappa shape index (κ3) is 5.46. The van der Waals surface area contributed by atoms with Crippen LogP contribution in [-0.4, -0.2) is 0 Å². The lowest BCUT2D eigenvalue weighted by molar-refractivity contribution is 0.172. The first-order valence-electron chi connectivity index (χ1n) is 13.2. The third-order valence-electron chi connectivity index (χ3n) is 8.32. The lowest BCUT2D eigenvalue weighted by Crippen LogP contribution is -2.25. The van der Waals surface area contributed by atoms with E-state index in [9.17, 15) is 8.78 Å². The molecule has 1 heterocycles. The Kier molecular flexibility index (Phi) is 7.49. The Morgan fingerprint density at radius 1 is 0.824 bits per heavy atom. The molecule has 0 nitrogen and oxygen atoms in total. The number of benzene rings is 2. The summed E-state index contributed by atoms with van der Waals surface area (Å²) in [5.41, 5.74) is 2.31. The van der Waals surface area contributed by atoms with E-state index >= 15 is 0 Å². The van der Waals surface area contributed by atoms with Gasteiger partial charge < -0.3 is 0 Å². The number of hydrogen-bond acceptors (Lipinski definition) is 1. The van der Waals surface area contributed by atoms with Crippen molar-refractivity contribution in [2.75, 3.05) is 0 Å². The number of allylic oxidation sites excluding steroid dienone is 1. The van der Waals surface area contributed by atoms with Crippen LogP contribution in [0.4, 0.5) is 8.78 Å². The van der Waals surface area contributed by atoms with Crippen LogP contribution >= 0.6 is 11.3 Å². The van der Waals surface area contributed by atoms with Gasteiger partial charge in [-0.15, -0.1) is 11.3 Å². The Hall–Kier alpha value is -2.00. The average Bonchev–Trinajstić information content (AvgIpc) is 3.27. The van der Waals surface area contributed by atoms with Gasteiger partial charge in [0.05, 0.1) is 0 Å². The monoisotopic (exact) mass is 478 g/mol. The highest BCUT2D eigenvalue weighted by Crippen LogP contribution is 2.44. The molecular weight excluding hydrogens is 442 g/mol. The number of rotatable bonds is 6. The fraction of sp³-hybridized carbons (Fsp3) is 0.484. The molecule has 0 atom stereocenters. The van der Waals surface area contributed by atoms with E-state index in [-0.39, 0.29) is 0 Å². The van der Waals surface area contributed by atoms with Crippen molar-refractivity contribution in [3.05, 3.63) is 76.2 Å². The molecule has 34 heavy (non-hydrogen) atoms. The minimum Gasteiger partial charge on any atom is -0.204 e. The zero-order valence-electron chi connectivity index (χ0n) is 20.2. The smallest absolute Gasteiger partial charge is 0.159 e. The maximum atomic E-state index is 13.4. The van der Waals surface area contributed by atoms with E-state index in [1.165, 1.54) is 91.3 Å². The average molecular weight is 479 g/mol. The lowest BCUT2D eigenvalue weighted by Gasteiger charge is -2.37. The minimum absolute atomic E-state index is 0.566. The van der Waals surface area contributed by atoms with Crippen LogP contribution in [0.2, 0.25) is 0 Å². The molecule has 0 amide bonds. The standard InChI is InChI=1S/C31H36F2S/c1-2-3-28-19-27-16-15-26(20-31(27)34-28)25-13-11-24(12-14-25)23-9-6-21(7-10-23)4-5-22-8-17-29(32)30(33)18-22/h4-5,8,15-21,23-25H,2-3,6-7,9-14H2,1H3/b5-4+. The van der Waals surface area contributed by atoms with E-state index in [0.29, 0.717) is 5.92 Å². The highest BCUT2D eigenvalue weighted by atomic mass is 32.1. The number of aryl methyl sites for hydroxylation is 1. The van der Waals surface area contributed by atoms with E-state index in [0.717, 1.165) is 23.3 Å². The van der Waals surface area contributed by atoms with Crippen LogP contribution in [0.1, 0.15) is 86.6 Å². The molecular formula is C31H36F2S. The summed E-state index contributed by atoms with van der Waals surface area (Å²) in [6, 6.07) is 13.8. The summed E-state index contributed by atoms with van der Waals surface area (Å²) in [6.07, 6.45) is 17.1. The largest absolute Gasteiger partial charge is 0.204 e. The molecule has 3 heteroatoms. The molecule has 0 saturated heterocycles. The van der Waals surface area contributed by atoms with Gasteiger partial charge in [-0.3, -0.25) is 0 Å². The van der Waals surface area contributed by atoms with Crippen molar-refractivity contribution in [2.45, 2.75) is 77.0 Å². The number of thiophene rings is 1. The first kappa shape index (κ1) is 23.7. The maximum absolute atomic E-state index is 13.4. The van der Waals surface area contributed by atoms with E-state index in [1.807, 2.05) is 17.4 Å². The van der Waals surface area contributed by atoms with Crippen LogP contribution in [0.5, 0.6) is 0 Å². The fourth-order valence-electron chi connectivity index (χ4n) is 6.32. The summed E-state index contributed by atoms with van der Waals surface area (Å²) in [4.78, 5) is 1.52. The van der Waals surface area contributed by atoms with Crippen LogP contribution in [-0.2, 0) is 6.42 Å². The Balaban J connectivity index is 1.11. The minimum atomic E-state index is -0.777. The molecule has 2 aromatic carbocycles. The van der Waals surface area contributed by atoms with E-state index < -0.39 is 11.6 Å². The Morgan fingerprint density at radius 3 is 2.26 bits per heavy atom. The molecule has 2 aliphatic rings. The quantitative estimate of drug-likeness (QED) is 0.331. The van der Waals surface area contributed by atoms with E-state index in [1.54, 1.807) is 11.6 Å². The van der Waals surface area contributed by atoms with Crippen LogP contribution in [0.25, 0.3) is 16.2 Å². The maximum Gasteiger partial charge on any atom is 0.159 e. The van der Waals surface area contributed by atoms with Gasteiger partial charge in [0.1, 0.15) is 0 Å². The molecule has 0 N–H and O–H groups in total. The summed E-state index contributed by atoms with van der Waals surface area (Å²) in [5.74, 6) is 1.50. The molecule has 0 spiro atoms. The summed E-state index contributed by atoms with van der Waals surface area (Å²) in [5, 5.41) is 1.42. The first-order chi connectivity index (χ1) is 16.6. The second kappa shape index (κ2) is 10.7.